The van der Waals surface area contributed by atoms with Gasteiger partial charge in [0.25, 0.3) is 5.91 Å². The lowest BCUT2D eigenvalue weighted by Gasteiger charge is -2.12. The Labute approximate surface area is 172 Å². The summed E-state index contributed by atoms with van der Waals surface area (Å²) in [5.41, 5.74) is 3.07. The van der Waals surface area contributed by atoms with Crippen LogP contribution in [0.1, 0.15) is 28.4 Å². The smallest absolute Gasteiger partial charge is 0.251 e. The van der Waals surface area contributed by atoms with Crippen molar-refractivity contribution in [2.24, 2.45) is 4.99 Å². The third kappa shape index (κ3) is 7.43. The Balaban J connectivity index is 0.00000338. The van der Waals surface area contributed by atoms with Crippen LogP contribution in [0.5, 0.6) is 0 Å². The highest BCUT2D eigenvalue weighted by Crippen LogP contribution is 2.04. The molecule has 2 rings (SSSR count). The Bertz CT molecular complexity index is 687. The van der Waals surface area contributed by atoms with Crippen molar-refractivity contribution in [1.82, 2.24) is 16.0 Å². The van der Waals surface area contributed by atoms with E-state index in [1.165, 1.54) is 5.56 Å². The Morgan fingerprint density at radius 1 is 0.923 bits per heavy atom. The highest BCUT2D eigenvalue weighted by atomic mass is 127. The van der Waals surface area contributed by atoms with Gasteiger partial charge in [-0.15, -0.1) is 24.0 Å². The van der Waals surface area contributed by atoms with Gasteiger partial charge in [0, 0.05) is 32.2 Å². The van der Waals surface area contributed by atoms with E-state index in [0.717, 1.165) is 24.5 Å². The van der Waals surface area contributed by atoms with E-state index in [-0.39, 0.29) is 29.9 Å². The number of aliphatic imine (C=N–C) groups is 1. The molecule has 0 heterocycles. The standard InChI is InChI=1S/C20H26N4O.HI/c1-3-22-19(25)18-11-9-17(10-12-18)15-24-20(21-2)23-14-13-16-7-5-4-6-8-16;/h4-12H,3,13-15H2,1-2H3,(H,22,25)(H2,21,23,24);1H. The summed E-state index contributed by atoms with van der Waals surface area (Å²) < 4.78 is 0. The monoisotopic (exact) mass is 466 g/mol. The summed E-state index contributed by atoms with van der Waals surface area (Å²) in [5, 5.41) is 9.39. The maximum absolute atomic E-state index is 11.7. The van der Waals surface area contributed by atoms with Gasteiger partial charge in [0.1, 0.15) is 0 Å². The summed E-state index contributed by atoms with van der Waals surface area (Å²) in [7, 11) is 1.76. The van der Waals surface area contributed by atoms with E-state index in [2.05, 4.69) is 33.1 Å². The second kappa shape index (κ2) is 12.3. The molecule has 1 amide bonds. The number of rotatable bonds is 7. The van der Waals surface area contributed by atoms with Crippen LogP contribution in [0.15, 0.2) is 59.6 Å². The van der Waals surface area contributed by atoms with E-state index in [1.54, 1.807) is 7.05 Å². The second-order valence-corrected chi connectivity index (χ2v) is 5.64. The molecule has 0 saturated heterocycles. The number of hydrogen-bond acceptors (Lipinski definition) is 2. The van der Waals surface area contributed by atoms with Crippen LogP contribution in [0.25, 0.3) is 0 Å². The van der Waals surface area contributed by atoms with Crippen LogP contribution in [0.2, 0.25) is 0 Å². The molecule has 0 fully saturated rings. The molecule has 0 radical (unpaired) electrons. The fourth-order valence-corrected chi connectivity index (χ4v) is 2.41. The fourth-order valence-electron chi connectivity index (χ4n) is 2.41. The van der Waals surface area contributed by atoms with E-state index < -0.39 is 0 Å². The lowest BCUT2D eigenvalue weighted by Crippen LogP contribution is -2.37. The number of nitrogens with one attached hydrogen (secondary N) is 3. The van der Waals surface area contributed by atoms with Crippen LogP contribution < -0.4 is 16.0 Å². The molecule has 6 heteroatoms. The largest absolute Gasteiger partial charge is 0.356 e. The van der Waals surface area contributed by atoms with Gasteiger partial charge in [0.15, 0.2) is 5.96 Å². The summed E-state index contributed by atoms with van der Waals surface area (Å²) in [4.78, 5) is 16.0. The average Bonchev–Trinajstić information content (AvgIpc) is 2.66. The SMILES string of the molecule is CCNC(=O)c1ccc(CNC(=NC)NCCc2ccccc2)cc1.I. The minimum absolute atomic E-state index is 0. The number of carbonyl (C=O) groups excluding carboxylic acids is 1. The van der Waals surface area contributed by atoms with Crippen molar-refractivity contribution in [3.8, 4) is 0 Å². The number of nitrogens with zero attached hydrogens (tertiary/aromatic N) is 1. The zero-order valence-corrected chi connectivity index (χ0v) is 17.6. The van der Waals surface area contributed by atoms with Gasteiger partial charge in [0.2, 0.25) is 0 Å². The first-order valence-electron chi connectivity index (χ1n) is 8.58. The molecule has 5 nitrogen and oxygen atoms in total. The highest BCUT2D eigenvalue weighted by Gasteiger charge is 2.04. The molecular formula is C20H27IN4O. The van der Waals surface area contributed by atoms with E-state index >= 15 is 0 Å². The van der Waals surface area contributed by atoms with E-state index in [9.17, 15) is 4.79 Å². The molecule has 0 atom stereocenters. The van der Waals surface area contributed by atoms with Gasteiger partial charge in [-0.3, -0.25) is 9.79 Å². The van der Waals surface area contributed by atoms with Crippen molar-refractivity contribution >= 4 is 35.8 Å². The predicted molar refractivity (Wildman–Crippen MR) is 118 cm³/mol. The maximum Gasteiger partial charge on any atom is 0.251 e. The van der Waals surface area contributed by atoms with Gasteiger partial charge in [-0.1, -0.05) is 42.5 Å². The van der Waals surface area contributed by atoms with Crippen LogP contribution in [0.3, 0.4) is 0 Å². The molecule has 2 aromatic rings. The minimum atomic E-state index is -0.0413. The zero-order valence-electron chi connectivity index (χ0n) is 15.3. The molecule has 0 aliphatic heterocycles. The first-order valence-corrected chi connectivity index (χ1v) is 8.58. The van der Waals surface area contributed by atoms with Crippen LogP contribution in [0.4, 0.5) is 0 Å². The Morgan fingerprint density at radius 2 is 1.62 bits per heavy atom. The summed E-state index contributed by atoms with van der Waals surface area (Å²) in [6, 6.07) is 17.9. The third-order valence-corrected chi connectivity index (χ3v) is 3.79. The van der Waals surface area contributed by atoms with Crippen molar-refractivity contribution in [3.05, 3.63) is 71.3 Å². The predicted octanol–water partition coefficient (Wildman–Crippen LogP) is 2.96. The summed E-state index contributed by atoms with van der Waals surface area (Å²) in [6.45, 7) is 4.01. The first-order chi connectivity index (χ1) is 12.2. The van der Waals surface area contributed by atoms with Crippen molar-refractivity contribution in [2.75, 3.05) is 20.1 Å². The van der Waals surface area contributed by atoms with Gasteiger partial charge in [-0.25, -0.2) is 0 Å². The number of amides is 1. The van der Waals surface area contributed by atoms with Crippen LogP contribution in [0, 0.1) is 0 Å². The van der Waals surface area contributed by atoms with Crippen molar-refractivity contribution in [1.29, 1.82) is 0 Å². The molecule has 3 N–H and O–H groups in total. The lowest BCUT2D eigenvalue weighted by atomic mass is 10.1. The number of hydrogen-bond donors (Lipinski definition) is 3. The second-order valence-electron chi connectivity index (χ2n) is 5.64. The molecule has 0 saturated carbocycles. The Kier molecular flexibility index (Phi) is 10.4. The molecule has 0 aliphatic rings. The quantitative estimate of drug-likeness (QED) is 0.334. The molecule has 0 unspecified atom stereocenters. The summed E-state index contributed by atoms with van der Waals surface area (Å²) >= 11 is 0. The molecule has 0 spiro atoms. The minimum Gasteiger partial charge on any atom is -0.356 e. The number of benzene rings is 2. The molecular weight excluding hydrogens is 439 g/mol. The molecule has 0 aromatic heterocycles. The molecule has 0 bridgehead atoms. The van der Waals surface area contributed by atoms with Gasteiger partial charge in [-0.05, 0) is 36.6 Å². The fraction of sp³-hybridized carbons (Fsp3) is 0.300. The number of halogens is 1. The highest BCUT2D eigenvalue weighted by molar-refractivity contribution is 14.0. The molecule has 26 heavy (non-hydrogen) atoms. The molecule has 2 aromatic carbocycles. The van der Waals surface area contributed by atoms with E-state index in [0.29, 0.717) is 18.7 Å². The van der Waals surface area contributed by atoms with E-state index in [1.807, 2.05) is 49.4 Å². The average molecular weight is 466 g/mol. The van der Waals surface area contributed by atoms with Crippen LogP contribution in [-0.2, 0) is 13.0 Å². The topological polar surface area (TPSA) is 65.5 Å². The molecule has 140 valence electrons. The van der Waals surface area contributed by atoms with Gasteiger partial charge >= 0.3 is 0 Å². The third-order valence-electron chi connectivity index (χ3n) is 3.79. The van der Waals surface area contributed by atoms with Crippen LogP contribution >= 0.6 is 24.0 Å². The first kappa shape index (κ1) is 22.0. The lowest BCUT2D eigenvalue weighted by molar-refractivity contribution is 0.0956. The molecule has 0 aliphatic carbocycles. The number of carbonyl (C=O) groups is 1. The van der Waals surface area contributed by atoms with Crippen LogP contribution in [-0.4, -0.2) is 32.0 Å². The Hall–Kier alpha value is -2.09. The van der Waals surface area contributed by atoms with Crippen molar-refractivity contribution in [3.63, 3.8) is 0 Å². The normalized spacial score (nSPS) is 10.6. The maximum atomic E-state index is 11.7. The Morgan fingerprint density at radius 3 is 2.23 bits per heavy atom. The van der Waals surface area contributed by atoms with Gasteiger partial charge in [0.05, 0.1) is 0 Å². The summed E-state index contributed by atoms with van der Waals surface area (Å²) in [5.74, 6) is 0.726. The van der Waals surface area contributed by atoms with Crippen molar-refractivity contribution in [2.45, 2.75) is 19.9 Å². The summed E-state index contributed by atoms with van der Waals surface area (Å²) in [6.07, 6.45) is 0.947. The number of guanidine groups is 1. The zero-order chi connectivity index (χ0) is 17.9. The van der Waals surface area contributed by atoms with Crippen molar-refractivity contribution < 1.29 is 4.79 Å². The van der Waals surface area contributed by atoms with Gasteiger partial charge in [-0.2, -0.15) is 0 Å². The van der Waals surface area contributed by atoms with E-state index in [4.69, 9.17) is 0 Å². The van der Waals surface area contributed by atoms with Gasteiger partial charge < -0.3 is 16.0 Å².